The van der Waals surface area contributed by atoms with Gasteiger partial charge in [-0.1, -0.05) is 0 Å². The minimum absolute atomic E-state index is 0.00174. The highest BCUT2D eigenvalue weighted by Gasteiger charge is 2.09. The van der Waals surface area contributed by atoms with Gasteiger partial charge >= 0.3 is 0 Å². The fourth-order valence-electron chi connectivity index (χ4n) is 1.24. The van der Waals surface area contributed by atoms with Crippen molar-refractivity contribution >= 4 is 5.69 Å². The molecular weight excluding hydrogens is 226 g/mol. The molecule has 0 aliphatic carbocycles. The number of hydrogen-bond donors (Lipinski definition) is 1. The van der Waals surface area contributed by atoms with Crippen LogP contribution in [-0.2, 0) is 4.74 Å². The van der Waals surface area contributed by atoms with Crippen molar-refractivity contribution in [3.05, 3.63) is 33.9 Å². The number of hydrogen-bond acceptors (Lipinski definition) is 5. The zero-order valence-electron chi connectivity index (χ0n) is 9.59. The summed E-state index contributed by atoms with van der Waals surface area (Å²) in [7, 11) is 0. The molecule has 0 atom stereocenters. The number of ether oxygens (including phenoxy) is 2. The van der Waals surface area contributed by atoms with E-state index in [1.807, 2.05) is 6.92 Å². The maximum absolute atomic E-state index is 10.6. The first-order chi connectivity index (χ1) is 8.15. The lowest BCUT2D eigenvalue weighted by Gasteiger charge is -2.08. The van der Waals surface area contributed by atoms with Crippen molar-refractivity contribution in [2.45, 2.75) is 6.92 Å². The molecule has 0 amide bonds. The summed E-state index contributed by atoms with van der Waals surface area (Å²) in [5.41, 5.74) is 0.833. The van der Waals surface area contributed by atoms with Crippen molar-refractivity contribution in [2.24, 2.45) is 0 Å². The first-order valence-electron chi connectivity index (χ1n) is 5.21. The van der Waals surface area contributed by atoms with E-state index in [0.717, 1.165) is 5.56 Å². The number of benzene rings is 1. The van der Waals surface area contributed by atoms with E-state index in [-0.39, 0.29) is 18.9 Å². The minimum Gasteiger partial charge on any atom is -0.491 e. The highest BCUT2D eigenvalue weighted by molar-refractivity contribution is 5.43. The summed E-state index contributed by atoms with van der Waals surface area (Å²) in [6.07, 6.45) is 0. The molecule has 1 aromatic carbocycles. The van der Waals surface area contributed by atoms with E-state index >= 15 is 0 Å². The first kappa shape index (κ1) is 13.4. The highest BCUT2D eigenvalue weighted by atomic mass is 16.6. The molecule has 0 saturated heterocycles. The number of aliphatic hydroxyl groups excluding tert-OH is 1. The summed E-state index contributed by atoms with van der Waals surface area (Å²) in [4.78, 5) is 10.1. The summed E-state index contributed by atoms with van der Waals surface area (Å²) in [6.45, 7) is 2.67. The van der Waals surface area contributed by atoms with E-state index in [1.54, 1.807) is 6.07 Å². The lowest BCUT2D eigenvalue weighted by atomic mass is 10.2. The van der Waals surface area contributed by atoms with E-state index in [2.05, 4.69) is 0 Å². The Morgan fingerprint density at radius 1 is 1.35 bits per heavy atom. The molecule has 1 aromatic rings. The standard InChI is InChI=1S/C11H15NO5/c1-9-2-3-10(12(14)15)8-11(9)17-7-6-16-5-4-13/h2-3,8,13H,4-7H2,1H3. The molecule has 94 valence electrons. The number of aryl methyl sites for hydroxylation is 1. The molecule has 0 spiro atoms. The van der Waals surface area contributed by atoms with Gasteiger partial charge in [0.15, 0.2) is 0 Å². The van der Waals surface area contributed by atoms with Crippen LogP contribution >= 0.6 is 0 Å². The van der Waals surface area contributed by atoms with Gasteiger partial charge in [0.1, 0.15) is 12.4 Å². The van der Waals surface area contributed by atoms with Crippen molar-refractivity contribution in [2.75, 3.05) is 26.4 Å². The fraction of sp³-hybridized carbons (Fsp3) is 0.455. The average Bonchev–Trinajstić information content (AvgIpc) is 2.30. The van der Waals surface area contributed by atoms with Gasteiger partial charge < -0.3 is 14.6 Å². The third kappa shape index (κ3) is 4.38. The summed E-state index contributed by atoms with van der Waals surface area (Å²) in [5.74, 6) is 0.479. The van der Waals surface area contributed by atoms with E-state index in [1.165, 1.54) is 12.1 Å². The molecule has 1 N–H and O–H groups in total. The Kier molecular flexibility index (Phi) is 5.38. The summed E-state index contributed by atoms with van der Waals surface area (Å²) in [6, 6.07) is 4.47. The highest BCUT2D eigenvalue weighted by Crippen LogP contribution is 2.23. The van der Waals surface area contributed by atoms with Crippen molar-refractivity contribution < 1.29 is 19.5 Å². The maximum Gasteiger partial charge on any atom is 0.273 e. The second-order valence-electron chi connectivity index (χ2n) is 3.39. The summed E-state index contributed by atoms with van der Waals surface area (Å²) >= 11 is 0. The van der Waals surface area contributed by atoms with Crippen molar-refractivity contribution in [3.63, 3.8) is 0 Å². The summed E-state index contributed by atoms with van der Waals surface area (Å²) in [5, 5.41) is 19.1. The van der Waals surface area contributed by atoms with Gasteiger partial charge in [-0.25, -0.2) is 0 Å². The third-order valence-corrected chi connectivity index (χ3v) is 2.10. The van der Waals surface area contributed by atoms with Gasteiger partial charge in [-0.05, 0) is 18.6 Å². The number of nitro benzene ring substituents is 1. The predicted octanol–water partition coefficient (Wildman–Crippen LogP) is 1.29. The molecule has 0 bridgehead atoms. The van der Waals surface area contributed by atoms with E-state index in [0.29, 0.717) is 19.0 Å². The smallest absolute Gasteiger partial charge is 0.273 e. The lowest BCUT2D eigenvalue weighted by Crippen LogP contribution is -2.09. The largest absolute Gasteiger partial charge is 0.491 e. The van der Waals surface area contributed by atoms with Gasteiger partial charge in [-0.2, -0.15) is 0 Å². The van der Waals surface area contributed by atoms with E-state index < -0.39 is 4.92 Å². The second-order valence-corrected chi connectivity index (χ2v) is 3.39. The van der Waals surface area contributed by atoms with Crippen LogP contribution in [0.2, 0.25) is 0 Å². The molecule has 0 unspecified atom stereocenters. The van der Waals surface area contributed by atoms with Gasteiger partial charge in [0.2, 0.25) is 0 Å². The average molecular weight is 241 g/mol. The Morgan fingerprint density at radius 3 is 2.76 bits per heavy atom. The molecule has 6 nitrogen and oxygen atoms in total. The van der Waals surface area contributed by atoms with Gasteiger partial charge in [-0.15, -0.1) is 0 Å². The molecule has 1 rings (SSSR count). The van der Waals surface area contributed by atoms with E-state index in [9.17, 15) is 10.1 Å². The molecular formula is C11H15NO5. The maximum atomic E-state index is 10.6. The Labute approximate surface area is 98.9 Å². The topological polar surface area (TPSA) is 81.8 Å². The van der Waals surface area contributed by atoms with E-state index in [4.69, 9.17) is 14.6 Å². The van der Waals surface area contributed by atoms with Crippen molar-refractivity contribution in [1.29, 1.82) is 0 Å². The first-order valence-corrected chi connectivity index (χ1v) is 5.21. The van der Waals surface area contributed by atoms with Gasteiger partial charge in [-0.3, -0.25) is 10.1 Å². The van der Waals surface area contributed by atoms with Crippen LogP contribution in [-0.4, -0.2) is 36.5 Å². The quantitative estimate of drug-likeness (QED) is 0.442. The van der Waals surface area contributed by atoms with Crippen LogP contribution in [0.5, 0.6) is 5.75 Å². The predicted molar refractivity (Wildman–Crippen MR) is 61.2 cm³/mol. The Balaban J connectivity index is 2.51. The normalized spacial score (nSPS) is 10.2. The second kappa shape index (κ2) is 6.82. The zero-order valence-corrected chi connectivity index (χ0v) is 9.59. The number of rotatable bonds is 7. The Bertz CT molecular complexity index is 380. The zero-order chi connectivity index (χ0) is 12.7. The van der Waals surface area contributed by atoms with Crippen LogP contribution < -0.4 is 4.74 Å². The van der Waals surface area contributed by atoms with Gasteiger partial charge in [0, 0.05) is 6.07 Å². The Morgan fingerprint density at radius 2 is 2.12 bits per heavy atom. The number of nitrogens with zero attached hydrogens (tertiary/aromatic N) is 1. The SMILES string of the molecule is Cc1ccc([N+](=O)[O-])cc1OCCOCCO. The van der Waals surface area contributed by atoms with Gasteiger partial charge in [0.05, 0.1) is 30.8 Å². The molecule has 0 fully saturated rings. The molecule has 0 saturated carbocycles. The van der Waals surface area contributed by atoms with Crippen LogP contribution in [0.15, 0.2) is 18.2 Å². The number of aliphatic hydroxyl groups is 1. The van der Waals surface area contributed by atoms with Crippen molar-refractivity contribution in [1.82, 2.24) is 0 Å². The molecule has 0 radical (unpaired) electrons. The summed E-state index contributed by atoms with van der Waals surface area (Å²) < 4.78 is 10.4. The molecule has 0 aliphatic heterocycles. The third-order valence-electron chi connectivity index (χ3n) is 2.10. The van der Waals surface area contributed by atoms with Crippen LogP contribution in [0.1, 0.15) is 5.56 Å². The molecule has 0 aliphatic rings. The van der Waals surface area contributed by atoms with Crippen molar-refractivity contribution in [3.8, 4) is 5.75 Å². The Hall–Kier alpha value is -1.66. The van der Waals surface area contributed by atoms with Crippen LogP contribution in [0.25, 0.3) is 0 Å². The van der Waals surface area contributed by atoms with Gasteiger partial charge in [0.25, 0.3) is 5.69 Å². The molecule has 6 heteroatoms. The minimum atomic E-state index is -0.464. The number of non-ortho nitro benzene ring substituents is 1. The molecule has 0 aromatic heterocycles. The van der Waals surface area contributed by atoms with Crippen LogP contribution in [0.4, 0.5) is 5.69 Å². The lowest BCUT2D eigenvalue weighted by molar-refractivity contribution is -0.384. The molecule has 0 heterocycles. The monoisotopic (exact) mass is 241 g/mol. The number of nitro groups is 1. The van der Waals surface area contributed by atoms with Crippen LogP contribution in [0, 0.1) is 17.0 Å². The van der Waals surface area contributed by atoms with Crippen LogP contribution in [0.3, 0.4) is 0 Å². The molecule has 17 heavy (non-hydrogen) atoms. The fourth-order valence-corrected chi connectivity index (χ4v) is 1.24.